The molecule has 0 unspecified atom stereocenters. The average molecular weight is 277 g/mol. The van der Waals surface area contributed by atoms with E-state index in [-0.39, 0.29) is 11.9 Å². The Morgan fingerprint density at radius 3 is 2.75 bits per heavy atom. The molecule has 1 saturated heterocycles. The van der Waals surface area contributed by atoms with E-state index < -0.39 is 0 Å². The van der Waals surface area contributed by atoms with Gasteiger partial charge in [-0.25, -0.2) is 0 Å². The quantitative estimate of drug-likeness (QED) is 0.872. The van der Waals surface area contributed by atoms with Crippen molar-refractivity contribution in [2.24, 2.45) is 0 Å². The molecule has 3 rings (SSSR count). The number of hydrogen-bond acceptors (Lipinski definition) is 4. The van der Waals surface area contributed by atoms with Gasteiger partial charge in [-0.15, -0.1) is 0 Å². The molecule has 6 heteroatoms. The second-order valence-electron chi connectivity index (χ2n) is 6.00. The van der Waals surface area contributed by atoms with Gasteiger partial charge in [-0.1, -0.05) is 12.8 Å². The first kappa shape index (κ1) is 13.5. The van der Waals surface area contributed by atoms with Crippen LogP contribution in [0.3, 0.4) is 0 Å². The number of nitrogens with zero attached hydrogens (tertiary/aromatic N) is 3. The SMILES string of the molecule is Cc1n[nH]nc1C(=O)N[C@H]1CCCN(C2CCCC2)C1. The number of nitrogens with one attached hydrogen (secondary N) is 2. The highest BCUT2D eigenvalue weighted by Gasteiger charge is 2.29. The summed E-state index contributed by atoms with van der Waals surface area (Å²) in [7, 11) is 0. The van der Waals surface area contributed by atoms with Crippen LogP contribution in [-0.4, -0.2) is 51.4 Å². The number of carbonyl (C=O) groups is 1. The summed E-state index contributed by atoms with van der Waals surface area (Å²) >= 11 is 0. The van der Waals surface area contributed by atoms with Crippen molar-refractivity contribution >= 4 is 5.91 Å². The van der Waals surface area contributed by atoms with Crippen LogP contribution in [0.1, 0.15) is 54.7 Å². The first-order valence-electron chi connectivity index (χ1n) is 7.66. The number of aryl methyl sites for hydroxylation is 1. The Morgan fingerprint density at radius 2 is 2.05 bits per heavy atom. The lowest BCUT2D eigenvalue weighted by Crippen LogP contribution is -2.50. The largest absolute Gasteiger partial charge is 0.347 e. The molecule has 1 aliphatic heterocycles. The van der Waals surface area contributed by atoms with E-state index in [1.54, 1.807) is 6.92 Å². The van der Waals surface area contributed by atoms with E-state index in [9.17, 15) is 4.79 Å². The van der Waals surface area contributed by atoms with Gasteiger partial charge in [0.15, 0.2) is 5.69 Å². The first-order chi connectivity index (χ1) is 9.74. The molecular weight excluding hydrogens is 254 g/mol. The van der Waals surface area contributed by atoms with Gasteiger partial charge in [0.2, 0.25) is 0 Å². The van der Waals surface area contributed by atoms with Crippen molar-refractivity contribution in [2.75, 3.05) is 13.1 Å². The smallest absolute Gasteiger partial charge is 0.274 e. The van der Waals surface area contributed by atoms with Crippen LogP contribution in [0.4, 0.5) is 0 Å². The summed E-state index contributed by atoms with van der Waals surface area (Å²) in [6.07, 6.45) is 7.59. The van der Waals surface area contributed by atoms with Crippen molar-refractivity contribution in [3.63, 3.8) is 0 Å². The van der Waals surface area contributed by atoms with Gasteiger partial charge in [0.25, 0.3) is 5.91 Å². The molecule has 0 spiro atoms. The molecule has 1 atom stereocenters. The summed E-state index contributed by atoms with van der Waals surface area (Å²) in [5.74, 6) is -0.102. The number of aromatic amines is 1. The van der Waals surface area contributed by atoms with Gasteiger partial charge >= 0.3 is 0 Å². The molecule has 1 aromatic heterocycles. The Balaban J connectivity index is 1.57. The Kier molecular flexibility index (Phi) is 4.00. The molecule has 1 amide bonds. The molecular formula is C14H23N5O. The minimum atomic E-state index is -0.102. The van der Waals surface area contributed by atoms with Crippen LogP contribution < -0.4 is 5.32 Å². The number of H-pyrrole nitrogens is 1. The zero-order valence-corrected chi connectivity index (χ0v) is 12.1. The highest BCUT2D eigenvalue weighted by molar-refractivity contribution is 5.93. The highest BCUT2D eigenvalue weighted by Crippen LogP contribution is 2.26. The number of carbonyl (C=O) groups excluding carboxylic acids is 1. The summed E-state index contributed by atoms with van der Waals surface area (Å²) in [6, 6.07) is 0.983. The maximum absolute atomic E-state index is 12.2. The van der Waals surface area contributed by atoms with E-state index >= 15 is 0 Å². The Labute approximate surface area is 119 Å². The maximum atomic E-state index is 12.2. The zero-order chi connectivity index (χ0) is 13.9. The van der Waals surface area contributed by atoms with Crippen molar-refractivity contribution in [1.82, 2.24) is 25.6 Å². The Morgan fingerprint density at radius 1 is 1.25 bits per heavy atom. The van der Waals surface area contributed by atoms with Gasteiger partial charge in [-0.2, -0.15) is 15.4 Å². The van der Waals surface area contributed by atoms with Crippen LogP contribution in [0.5, 0.6) is 0 Å². The third-order valence-corrected chi connectivity index (χ3v) is 4.57. The van der Waals surface area contributed by atoms with Gasteiger partial charge < -0.3 is 5.32 Å². The maximum Gasteiger partial charge on any atom is 0.274 e. The summed E-state index contributed by atoms with van der Waals surface area (Å²) < 4.78 is 0. The number of likely N-dealkylation sites (tertiary alicyclic amines) is 1. The number of amides is 1. The van der Waals surface area contributed by atoms with Crippen molar-refractivity contribution in [3.05, 3.63) is 11.4 Å². The van der Waals surface area contributed by atoms with Gasteiger partial charge in [0.1, 0.15) is 0 Å². The van der Waals surface area contributed by atoms with Crippen LogP contribution >= 0.6 is 0 Å². The van der Waals surface area contributed by atoms with E-state index in [1.807, 2.05) is 0 Å². The molecule has 6 nitrogen and oxygen atoms in total. The molecule has 2 N–H and O–H groups in total. The molecule has 20 heavy (non-hydrogen) atoms. The lowest BCUT2D eigenvalue weighted by Gasteiger charge is -2.37. The van der Waals surface area contributed by atoms with Gasteiger partial charge in [0.05, 0.1) is 5.69 Å². The number of aromatic nitrogens is 3. The molecule has 0 radical (unpaired) electrons. The van der Waals surface area contributed by atoms with Crippen LogP contribution in [0, 0.1) is 6.92 Å². The van der Waals surface area contributed by atoms with E-state index in [0.717, 1.165) is 19.0 Å². The standard InChI is InChI=1S/C14H23N5O/c1-10-13(17-18-16-10)14(20)15-11-5-4-8-19(9-11)12-6-2-3-7-12/h11-12H,2-9H2,1H3,(H,15,20)(H,16,17,18)/t11-/m0/s1. The third-order valence-electron chi connectivity index (χ3n) is 4.57. The van der Waals surface area contributed by atoms with Crippen LogP contribution in [0.25, 0.3) is 0 Å². The lowest BCUT2D eigenvalue weighted by atomic mass is 10.0. The van der Waals surface area contributed by atoms with E-state index in [4.69, 9.17) is 0 Å². The fraction of sp³-hybridized carbons (Fsp3) is 0.786. The topological polar surface area (TPSA) is 73.9 Å². The fourth-order valence-corrected chi connectivity index (χ4v) is 3.48. The Hall–Kier alpha value is -1.43. The predicted molar refractivity (Wildman–Crippen MR) is 75.4 cm³/mol. The van der Waals surface area contributed by atoms with Crippen LogP contribution in [-0.2, 0) is 0 Å². The zero-order valence-electron chi connectivity index (χ0n) is 12.1. The van der Waals surface area contributed by atoms with E-state index in [1.165, 1.54) is 38.6 Å². The van der Waals surface area contributed by atoms with E-state index in [2.05, 4.69) is 25.6 Å². The second kappa shape index (κ2) is 5.91. The minimum Gasteiger partial charge on any atom is -0.347 e. The molecule has 0 bridgehead atoms. The molecule has 2 aliphatic rings. The second-order valence-corrected chi connectivity index (χ2v) is 6.00. The summed E-state index contributed by atoms with van der Waals surface area (Å²) in [6.45, 7) is 3.96. The molecule has 110 valence electrons. The summed E-state index contributed by atoms with van der Waals surface area (Å²) in [4.78, 5) is 14.7. The third kappa shape index (κ3) is 2.85. The summed E-state index contributed by atoms with van der Waals surface area (Å²) in [5.41, 5.74) is 1.08. The van der Waals surface area contributed by atoms with Crippen LogP contribution in [0.15, 0.2) is 0 Å². The van der Waals surface area contributed by atoms with E-state index in [0.29, 0.717) is 11.4 Å². The molecule has 1 aliphatic carbocycles. The predicted octanol–water partition coefficient (Wildman–Crippen LogP) is 1.25. The molecule has 0 aromatic carbocycles. The number of piperidine rings is 1. The van der Waals surface area contributed by atoms with Gasteiger partial charge in [0, 0.05) is 18.6 Å². The lowest BCUT2D eigenvalue weighted by molar-refractivity contribution is 0.0869. The van der Waals surface area contributed by atoms with Gasteiger partial charge in [-0.05, 0) is 39.2 Å². The summed E-state index contributed by atoms with van der Waals surface area (Å²) in [5, 5.41) is 13.4. The minimum absolute atomic E-state index is 0.102. The van der Waals surface area contributed by atoms with Crippen LogP contribution in [0.2, 0.25) is 0 Å². The van der Waals surface area contributed by atoms with Gasteiger partial charge in [-0.3, -0.25) is 9.69 Å². The monoisotopic (exact) mass is 277 g/mol. The fourth-order valence-electron chi connectivity index (χ4n) is 3.48. The highest BCUT2D eigenvalue weighted by atomic mass is 16.2. The molecule has 2 fully saturated rings. The van der Waals surface area contributed by atoms with Crippen molar-refractivity contribution in [3.8, 4) is 0 Å². The molecule has 1 saturated carbocycles. The average Bonchev–Trinajstić information content (AvgIpc) is 3.09. The normalized spacial score (nSPS) is 24.9. The number of rotatable bonds is 3. The van der Waals surface area contributed by atoms with Crippen molar-refractivity contribution in [2.45, 2.75) is 57.5 Å². The number of hydrogen-bond donors (Lipinski definition) is 2. The molecule has 2 heterocycles. The van der Waals surface area contributed by atoms with Crippen molar-refractivity contribution < 1.29 is 4.79 Å². The Bertz CT molecular complexity index is 466. The molecule has 1 aromatic rings. The van der Waals surface area contributed by atoms with Crippen molar-refractivity contribution in [1.29, 1.82) is 0 Å². The first-order valence-corrected chi connectivity index (χ1v) is 7.66.